The van der Waals surface area contributed by atoms with E-state index < -0.39 is 0 Å². The third-order valence-corrected chi connectivity index (χ3v) is 6.74. The first kappa shape index (κ1) is 26.5. The average molecular weight is 714 g/mol. The van der Waals surface area contributed by atoms with Gasteiger partial charge in [-0.2, -0.15) is 23.9 Å². The van der Waals surface area contributed by atoms with E-state index >= 15 is 0 Å². The maximum atomic E-state index is 6.24. The van der Waals surface area contributed by atoms with Crippen LogP contribution in [0.25, 0.3) is 28.1 Å². The zero-order chi connectivity index (χ0) is 26.9. The van der Waals surface area contributed by atoms with E-state index in [0.29, 0.717) is 11.5 Å². The molecule has 0 aliphatic carbocycles. The van der Waals surface area contributed by atoms with Crippen LogP contribution in [0.4, 0.5) is 17.2 Å². The van der Waals surface area contributed by atoms with Crippen molar-refractivity contribution in [1.82, 2.24) is 14.8 Å². The van der Waals surface area contributed by atoms with Gasteiger partial charge in [0.05, 0.1) is 0 Å². The molecule has 204 valence electrons. The van der Waals surface area contributed by atoms with E-state index in [1.54, 1.807) is 6.20 Å². The normalized spacial score (nSPS) is 12.1. The second kappa shape index (κ2) is 11.4. The number of pyridine rings is 1. The van der Waals surface area contributed by atoms with Crippen molar-refractivity contribution in [3.8, 4) is 39.6 Å². The number of anilines is 3. The van der Waals surface area contributed by atoms with Gasteiger partial charge in [-0.3, -0.25) is 4.68 Å². The van der Waals surface area contributed by atoms with Crippen molar-refractivity contribution in [2.75, 3.05) is 16.8 Å². The molecule has 0 fully saturated rings. The molecule has 7 heteroatoms. The summed E-state index contributed by atoms with van der Waals surface area (Å²) in [6.45, 7) is 1.99. The Labute approximate surface area is 253 Å². The summed E-state index contributed by atoms with van der Waals surface area (Å²) in [7, 11) is 2.00. The fourth-order valence-corrected chi connectivity index (χ4v) is 4.84. The Morgan fingerprint density at radius 3 is 2.10 bits per heavy atom. The summed E-state index contributed by atoms with van der Waals surface area (Å²) in [5.41, 5.74) is 6.77. The van der Waals surface area contributed by atoms with E-state index in [0.717, 1.165) is 45.3 Å². The van der Waals surface area contributed by atoms with Gasteiger partial charge < -0.3 is 14.5 Å². The van der Waals surface area contributed by atoms with E-state index in [1.807, 2.05) is 119 Å². The molecule has 0 bridgehead atoms. The van der Waals surface area contributed by atoms with Crippen molar-refractivity contribution < 1.29 is 25.8 Å². The smallest absolute Gasteiger partial charge is 0.124 e. The van der Waals surface area contributed by atoms with Crippen LogP contribution >= 0.6 is 0 Å². The molecule has 3 heterocycles. The summed E-state index contributed by atoms with van der Waals surface area (Å²) in [5.74, 6) is 2.01. The van der Waals surface area contributed by atoms with Gasteiger partial charge in [0, 0.05) is 61.8 Å². The van der Waals surface area contributed by atoms with E-state index in [2.05, 4.69) is 41.4 Å². The third kappa shape index (κ3) is 5.27. The van der Waals surface area contributed by atoms with Gasteiger partial charge in [-0.15, -0.1) is 36.4 Å². The molecule has 7 rings (SSSR count). The molecule has 0 N–H and O–H groups in total. The molecule has 41 heavy (non-hydrogen) atoms. The van der Waals surface area contributed by atoms with E-state index in [1.165, 1.54) is 0 Å². The molecule has 6 aromatic rings. The van der Waals surface area contributed by atoms with E-state index in [4.69, 9.17) is 9.84 Å². The third-order valence-electron chi connectivity index (χ3n) is 6.74. The summed E-state index contributed by atoms with van der Waals surface area (Å²) in [6, 6.07) is 42.9. The number of rotatable bonds is 6. The van der Waals surface area contributed by atoms with Crippen LogP contribution in [0.3, 0.4) is 0 Å². The zero-order valence-electron chi connectivity index (χ0n) is 22.1. The van der Waals surface area contributed by atoms with Crippen molar-refractivity contribution in [3.63, 3.8) is 0 Å². The minimum atomic E-state index is 0. The minimum absolute atomic E-state index is 0. The molecule has 0 spiro atoms. The molecule has 0 saturated heterocycles. The minimum Gasteiger partial charge on any atom is -0.509 e. The number of benzene rings is 4. The van der Waals surface area contributed by atoms with Crippen LogP contribution in [-0.4, -0.2) is 21.8 Å². The maximum Gasteiger partial charge on any atom is 0.124 e. The van der Waals surface area contributed by atoms with Gasteiger partial charge in [-0.1, -0.05) is 66.4 Å². The van der Waals surface area contributed by atoms with Gasteiger partial charge in [0.25, 0.3) is 0 Å². The molecular weight excluding hydrogens is 689 g/mol. The SMILES string of the molecule is CN1[CH-]N(c2[c-]c(Oc3[c-]c(-n4cc(-c5ccccc5)c(-c5ccccc5)n4)ccc3)ccc2)c2ncccc21.[Pt]. The number of hydrogen-bond acceptors (Lipinski definition) is 5. The quantitative estimate of drug-likeness (QED) is 0.166. The molecular formula is C34H24N5OPt-3. The Hall–Kier alpha value is -4.67. The number of aromatic nitrogens is 3. The zero-order valence-corrected chi connectivity index (χ0v) is 24.4. The Morgan fingerprint density at radius 1 is 0.707 bits per heavy atom. The van der Waals surface area contributed by atoms with Crippen LogP contribution in [0.2, 0.25) is 0 Å². The topological polar surface area (TPSA) is 46.4 Å². The first-order chi connectivity index (χ1) is 19.7. The average Bonchev–Trinajstić information content (AvgIpc) is 3.61. The molecule has 0 unspecified atom stereocenters. The molecule has 1 aliphatic heterocycles. The van der Waals surface area contributed by atoms with Crippen molar-refractivity contribution in [2.24, 2.45) is 0 Å². The Morgan fingerprint density at radius 2 is 1.37 bits per heavy atom. The Balaban J connectivity index is 0.00000302. The van der Waals surface area contributed by atoms with Crippen molar-refractivity contribution in [1.29, 1.82) is 0 Å². The first-order valence-electron chi connectivity index (χ1n) is 13.0. The predicted molar refractivity (Wildman–Crippen MR) is 158 cm³/mol. The molecule has 6 nitrogen and oxygen atoms in total. The molecule has 4 aromatic carbocycles. The summed E-state index contributed by atoms with van der Waals surface area (Å²) in [4.78, 5) is 8.60. The first-order valence-corrected chi connectivity index (χ1v) is 13.0. The maximum absolute atomic E-state index is 6.24. The van der Waals surface area contributed by atoms with Crippen LogP contribution in [0.1, 0.15) is 0 Å². The molecule has 0 radical (unpaired) electrons. The standard InChI is InChI=1S/C34H24N5O.Pt/c1-37-24-38(34-32(37)19-10-20-35-34)27-15-8-17-29(21-27)40-30-18-9-16-28(22-30)39-23-31(25-11-4-2-5-12-25)33(36-39)26-13-6-3-7-14-26;/h2-20,23-24H,1H3;/q-3;. The van der Waals surface area contributed by atoms with Crippen LogP contribution in [0.5, 0.6) is 11.5 Å². The van der Waals surface area contributed by atoms with Crippen molar-refractivity contribution >= 4 is 17.2 Å². The van der Waals surface area contributed by atoms with Crippen LogP contribution in [0, 0.1) is 18.8 Å². The van der Waals surface area contributed by atoms with Gasteiger partial charge in [-0.05, 0) is 30.4 Å². The summed E-state index contributed by atoms with van der Waals surface area (Å²) >= 11 is 0. The van der Waals surface area contributed by atoms with Crippen LogP contribution < -0.4 is 14.5 Å². The molecule has 0 amide bonds. The molecule has 0 atom stereocenters. The van der Waals surface area contributed by atoms with E-state index in [9.17, 15) is 0 Å². The van der Waals surface area contributed by atoms with Crippen molar-refractivity contribution in [2.45, 2.75) is 0 Å². The van der Waals surface area contributed by atoms with Crippen LogP contribution in [-0.2, 0) is 21.1 Å². The number of hydrogen-bond donors (Lipinski definition) is 0. The fraction of sp³-hybridized carbons (Fsp3) is 0.0294. The number of fused-ring (bicyclic) bond motifs is 1. The van der Waals surface area contributed by atoms with E-state index in [-0.39, 0.29) is 21.1 Å². The van der Waals surface area contributed by atoms with Gasteiger partial charge >= 0.3 is 0 Å². The molecule has 2 aromatic heterocycles. The molecule has 0 saturated carbocycles. The molecule has 1 aliphatic rings. The van der Waals surface area contributed by atoms with Gasteiger partial charge in [-0.25, -0.2) is 4.98 Å². The predicted octanol–water partition coefficient (Wildman–Crippen LogP) is 7.70. The second-order valence-electron chi connectivity index (χ2n) is 9.41. The van der Waals surface area contributed by atoms with Crippen LogP contribution in [0.15, 0.2) is 122 Å². The number of ether oxygens (including phenoxy) is 1. The van der Waals surface area contributed by atoms with Crippen molar-refractivity contribution in [3.05, 3.63) is 140 Å². The monoisotopic (exact) mass is 713 g/mol. The largest absolute Gasteiger partial charge is 0.509 e. The summed E-state index contributed by atoms with van der Waals surface area (Å²) < 4.78 is 8.09. The fourth-order valence-electron chi connectivity index (χ4n) is 4.84. The van der Waals surface area contributed by atoms with Gasteiger partial charge in [0.15, 0.2) is 0 Å². The van der Waals surface area contributed by atoms with Gasteiger partial charge in [0.2, 0.25) is 0 Å². The summed E-state index contributed by atoms with van der Waals surface area (Å²) in [6.07, 6.45) is 3.84. The second-order valence-corrected chi connectivity index (χ2v) is 9.41. The number of nitrogens with zero attached hydrogens (tertiary/aromatic N) is 5. The summed E-state index contributed by atoms with van der Waals surface area (Å²) in [5, 5.41) is 4.97. The Kier molecular flexibility index (Phi) is 7.41. The Bertz CT molecular complexity index is 1730. The van der Waals surface area contributed by atoms with Gasteiger partial charge in [0.1, 0.15) is 11.5 Å².